The van der Waals surface area contributed by atoms with E-state index in [-0.39, 0.29) is 22.0 Å². The molecule has 1 unspecified atom stereocenters. The first-order valence-electron chi connectivity index (χ1n) is 8.14. The monoisotopic (exact) mass is 396 g/mol. The van der Waals surface area contributed by atoms with E-state index in [0.717, 1.165) is 16.4 Å². The molecule has 1 aliphatic heterocycles. The molecule has 2 aromatic carbocycles. The average Bonchev–Trinajstić information content (AvgIpc) is 3.09. The average molecular weight is 397 g/mol. The zero-order chi connectivity index (χ0) is 18.9. The van der Waals surface area contributed by atoms with Crippen molar-refractivity contribution < 1.29 is 17.6 Å². The topological polar surface area (TPSA) is 66.5 Å². The molecule has 0 aromatic heterocycles. The molecule has 1 amide bonds. The van der Waals surface area contributed by atoms with Crippen LogP contribution in [0.5, 0.6) is 0 Å². The van der Waals surface area contributed by atoms with Crippen LogP contribution in [0.2, 0.25) is 5.02 Å². The van der Waals surface area contributed by atoms with Gasteiger partial charge in [-0.2, -0.15) is 4.31 Å². The molecular formula is C18H18ClFN2O3S. The van der Waals surface area contributed by atoms with Crippen molar-refractivity contribution in [1.82, 2.24) is 4.31 Å². The second-order valence-electron chi connectivity index (χ2n) is 6.14. The molecule has 1 saturated heterocycles. The van der Waals surface area contributed by atoms with Gasteiger partial charge in [-0.05, 0) is 49.6 Å². The number of halogens is 2. The number of para-hydroxylation sites is 1. The van der Waals surface area contributed by atoms with Crippen LogP contribution in [0.3, 0.4) is 0 Å². The maximum absolute atomic E-state index is 13.7. The van der Waals surface area contributed by atoms with E-state index in [1.54, 1.807) is 24.3 Å². The van der Waals surface area contributed by atoms with E-state index >= 15 is 0 Å². The van der Waals surface area contributed by atoms with Crippen LogP contribution in [0.1, 0.15) is 18.4 Å². The van der Waals surface area contributed by atoms with Gasteiger partial charge in [0, 0.05) is 17.3 Å². The predicted molar refractivity (Wildman–Crippen MR) is 98.1 cm³/mol. The Kier molecular flexibility index (Phi) is 5.32. The Balaban J connectivity index is 1.91. The van der Waals surface area contributed by atoms with Gasteiger partial charge in [-0.3, -0.25) is 4.79 Å². The van der Waals surface area contributed by atoms with Crippen molar-refractivity contribution in [3.05, 3.63) is 58.9 Å². The van der Waals surface area contributed by atoms with E-state index in [1.165, 1.54) is 6.92 Å². The number of hydrogen-bond acceptors (Lipinski definition) is 3. The Hall–Kier alpha value is -1.96. The molecule has 1 heterocycles. The van der Waals surface area contributed by atoms with Gasteiger partial charge in [0.15, 0.2) is 0 Å². The summed E-state index contributed by atoms with van der Waals surface area (Å²) in [5, 5.41) is 2.76. The van der Waals surface area contributed by atoms with Crippen molar-refractivity contribution in [1.29, 1.82) is 0 Å². The van der Waals surface area contributed by atoms with Crippen LogP contribution in [0.15, 0.2) is 47.4 Å². The number of nitrogens with one attached hydrogen (secondary N) is 1. The number of carbonyl (C=O) groups is 1. The summed E-state index contributed by atoms with van der Waals surface area (Å²) in [4.78, 5) is 12.4. The van der Waals surface area contributed by atoms with Crippen molar-refractivity contribution in [2.24, 2.45) is 0 Å². The number of hydrogen-bond donors (Lipinski definition) is 1. The van der Waals surface area contributed by atoms with Crippen LogP contribution in [0.4, 0.5) is 10.1 Å². The van der Waals surface area contributed by atoms with Crippen molar-refractivity contribution in [3.8, 4) is 0 Å². The molecular weight excluding hydrogens is 379 g/mol. The summed E-state index contributed by atoms with van der Waals surface area (Å²) in [6.45, 7) is 1.71. The summed E-state index contributed by atoms with van der Waals surface area (Å²) >= 11 is 5.94. The Labute approximate surface area is 156 Å². The molecule has 1 atom stereocenters. The molecule has 0 spiro atoms. The highest BCUT2D eigenvalue weighted by molar-refractivity contribution is 7.89. The lowest BCUT2D eigenvalue weighted by Gasteiger charge is -2.24. The molecule has 3 rings (SSSR count). The maximum Gasteiger partial charge on any atom is 0.244 e. The van der Waals surface area contributed by atoms with Crippen LogP contribution >= 0.6 is 11.6 Å². The largest absolute Gasteiger partial charge is 0.325 e. The van der Waals surface area contributed by atoms with Crippen molar-refractivity contribution in [2.75, 3.05) is 11.9 Å². The minimum absolute atomic E-state index is 0.0352. The van der Waals surface area contributed by atoms with E-state index in [1.807, 2.05) is 6.07 Å². The first-order valence-corrected chi connectivity index (χ1v) is 9.96. The number of benzene rings is 2. The molecule has 26 heavy (non-hydrogen) atoms. The fraction of sp³-hybridized carbons (Fsp3) is 0.278. The fourth-order valence-electron chi connectivity index (χ4n) is 3.05. The van der Waals surface area contributed by atoms with E-state index in [9.17, 15) is 17.6 Å². The Morgan fingerprint density at radius 3 is 2.65 bits per heavy atom. The molecule has 1 N–H and O–H groups in total. The Bertz CT molecular complexity index is 935. The predicted octanol–water partition coefficient (Wildman–Crippen LogP) is 3.58. The van der Waals surface area contributed by atoms with Crippen molar-refractivity contribution in [2.45, 2.75) is 30.7 Å². The molecule has 0 radical (unpaired) electrons. The van der Waals surface area contributed by atoms with E-state index in [2.05, 4.69) is 5.32 Å². The summed E-state index contributed by atoms with van der Waals surface area (Å²) < 4.78 is 40.9. The van der Waals surface area contributed by atoms with E-state index in [4.69, 9.17) is 11.6 Å². The highest BCUT2D eigenvalue weighted by atomic mass is 35.5. The smallest absolute Gasteiger partial charge is 0.244 e. The van der Waals surface area contributed by atoms with E-state index < -0.39 is 27.8 Å². The van der Waals surface area contributed by atoms with Gasteiger partial charge in [-0.1, -0.05) is 29.8 Å². The minimum atomic E-state index is -4.05. The number of nitrogens with zero attached hydrogens (tertiary/aromatic N) is 1. The van der Waals surface area contributed by atoms with Crippen LogP contribution in [-0.4, -0.2) is 31.2 Å². The lowest BCUT2D eigenvalue weighted by molar-refractivity contribution is -0.119. The van der Waals surface area contributed by atoms with Crippen LogP contribution < -0.4 is 5.32 Å². The molecule has 0 aliphatic carbocycles. The van der Waals surface area contributed by atoms with Crippen LogP contribution in [0, 0.1) is 12.7 Å². The summed E-state index contributed by atoms with van der Waals surface area (Å²) in [6, 6.07) is 9.98. The third-order valence-electron chi connectivity index (χ3n) is 4.40. The lowest BCUT2D eigenvalue weighted by Crippen LogP contribution is -2.43. The Morgan fingerprint density at radius 2 is 1.96 bits per heavy atom. The SMILES string of the molecule is Cc1c(Cl)cc(F)cc1S(=O)(=O)N1CCCC1C(=O)Nc1ccccc1. The fourth-order valence-corrected chi connectivity index (χ4v) is 5.23. The first kappa shape index (κ1) is 18.8. The lowest BCUT2D eigenvalue weighted by atomic mass is 10.2. The van der Waals surface area contributed by atoms with E-state index in [0.29, 0.717) is 18.5 Å². The number of sulfonamides is 1. The van der Waals surface area contributed by atoms with Crippen molar-refractivity contribution in [3.63, 3.8) is 0 Å². The number of carbonyl (C=O) groups excluding carboxylic acids is 1. The third kappa shape index (κ3) is 3.60. The van der Waals surface area contributed by atoms with Gasteiger partial charge in [0.2, 0.25) is 15.9 Å². The van der Waals surface area contributed by atoms with Gasteiger partial charge in [-0.25, -0.2) is 12.8 Å². The van der Waals surface area contributed by atoms with Crippen LogP contribution in [-0.2, 0) is 14.8 Å². The molecule has 5 nitrogen and oxygen atoms in total. The highest BCUT2D eigenvalue weighted by Crippen LogP contribution is 2.31. The number of amides is 1. The molecule has 138 valence electrons. The molecule has 8 heteroatoms. The molecule has 2 aromatic rings. The van der Waals surface area contributed by atoms with Gasteiger partial charge in [0.1, 0.15) is 11.9 Å². The first-order chi connectivity index (χ1) is 12.3. The molecule has 0 saturated carbocycles. The normalized spacial score (nSPS) is 18.0. The highest BCUT2D eigenvalue weighted by Gasteiger charge is 2.40. The molecule has 1 aliphatic rings. The molecule has 0 bridgehead atoms. The number of anilines is 1. The van der Waals surface area contributed by atoms with Crippen molar-refractivity contribution >= 4 is 33.2 Å². The van der Waals surface area contributed by atoms with Gasteiger partial charge in [-0.15, -0.1) is 0 Å². The maximum atomic E-state index is 13.7. The minimum Gasteiger partial charge on any atom is -0.325 e. The zero-order valence-corrected chi connectivity index (χ0v) is 15.6. The van der Waals surface area contributed by atoms with Gasteiger partial charge in [0.05, 0.1) is 4.90 Å². The van der Waals surface area contributed by atoms with Gasteiger partial charge in [0.25, 0.3) is 0 Å². The summed E-state index contributed by atoms with van der Waals surface area (Å²) in [5.74, 6) is -1.14. The molecule has 1 fully saturated rings. The second-order valence-corrected chi connectivity index (χ2v) is 8.41. The van der Waals surface area contributed by atoms with Gasteiger partial charge >= 0.3 is 0 Å². The summed E-state index contributed by atoms with van der Waals surface area (Å²) in [7, 11) is -4.05. The quantitative estimate of drug-likeness (QED) is 0.858. The second kappa shape index (κ2) is 7.34. The summed E-state index contributed by atoms with van der Waals surface area (Å²) in [5.41, 5.74) is 0.855. The summed E-state index contributed by atoms with van der Waals surface area (Å²) in [6.07, 6.45) is 0.953. The Morgan fingerprint density at radius 1 is 1.27 bits per heavy atom. The third-order valence-corrected chi connectivity index (χ3v) is 6.82. The van der Waals surface area contributed by atoms with Gasteiger partial charge < -0.3 is 5.32 Å². The zero-order valence-electron chi connectivity index (χ0n) is 14.1. The standard InChI is InChI=1S/C18H18ClFN2O3S/c1-12-15(19)10-13(20)11-17(12)26(24,25)22-9-5-8-16(22)18(23)21-14-6-3-2-4-7-14/h2-4,6-7,10-11,16H,5,8-9H2,1H3,(H,21,23). The number of rotatable bonds is 4. The van der Waals surface area contributed by atoms with Crippen LogP contribution in [0.25, 0.3) is 0 Å².